The molecule has 0 radical (unpaired) electrons. The van der Waals surface area contributed by atoms with Crippen molar-refractivity contribution in [2.24, 2.45) is 0 Å². The smallest absolute Gasteiger partial charge is 0.155 e. The average Bonchev–Trinajstić information content (AvgIpc) is 2.53. The largest absolute Gasteiger partial charge is 0.301 e. The molecular weight excluding hydrogens is 150 g/mol. The Morgan fingerprint density at radius 1 is 1.42 bits per heavy atom. The number of imidazole rings is 1. The lowest BCUT2D eigenvalue weighted by Crippen LogP contribution is -1.96. The molecule has 0 bridgehead atoms. The maximum absolute atomic E-state index is 4.16. The lowest BCUT2D eigenvalue weighted by atomic mass is 10.2. The molecule has 0 N–H and O–H groups in total. The molecule has 2 rings (SSSR count). The van der Waals surface area contributed by atoms with E-state index >= 15 is 0 Å². The number of nitrogens with zero attached hydrogens (tertiary/aromatic N) is 3. The summed E-state index contributed by atoms with van der Waals surface area (Å²) in [5.41, 5.74) is 2.16. The maximum Gasteiger partial charge on any atom is 0.155 e. The Hall–Kier alpha value is -1.38. The van der Waals surface area contributed by atoms with Gasteiger partial charge in [-0.1, -0.05) is 13.3 Å². The molecule has 0 saturated carbocycles. The van der Waals surface area contributed by atoms with Crippen LogP contribution in [0.1, 0.15) is 19.0 Å². The lowest BCUT2D eigenvalue weighted by Gasteiger charge is -2.01. The van der Waals surface area contributed by atoms with Crippen molar-refractivity contribution < 1.29 is 0 Å². The van der Waals surface area contributed by atoms with Crippen molar-refractivity contribution in [1.82, 2.24) is 14.4 Å². The molecule has 2 aromatic rings. The van der Waals surface area contributed by atoms with Gasteiger partial charge in [0, 0.05) is 24.3 Å². The molecule has 0 fully saturated rings. The summed E-state index contributed by atoms with van der Waals surface area (Å²) in [4.78, 5) is 8.28. The van der Waals surface area contributed by atoms with E-state index in [2.05, 4.69) is 21.3 Å². The first kappa shape index (κ1) is 7.28. The van der Waals surface area contributed by atoms with E-state index in [1.807, 2.05) is 12.4 Å². The van der Waals surface area contributed by atoms with Crippen LogP contribution < -0.4 is 0 Å². The first-order chi connectivity index (χ1) is 5.92. The van der Waals surface area contributed by atoms with E-state index in [4.69, 9.17) is 0 Å². The number of aryl methyl sites for hydroxylation is 1. The summed E-state index contributed by atoms with van der Waals surface area (Å²) in [5.74, 6) is 0. The van der Waals surface area contributed by atoms with Crippen molar-refractivity contribution in [3.8, 4) is 0 Å². The molecule has 0 unspecified atom stereocenters. The van der Waals surface area contributed by atoms with Gasteiger partial charge in [0.15, 0.2) is 5.65 Å². The van der Waals surface area contributed by atoms with Gasteiger partial charge >= 0.3 is 0 Å². The summed E-state index contributed by atoms with van der Waals surface area (Å²) in [7, 11) is 0. The van der Waals surface area contributed by atoms with Crippen LogP contribution in [0.2, 0.25) is 0 Å². The average molecular weight is 161 g/mol. The summed E-state index contributed by atoms with van der Waals surface area (Å²) >= 11 is 0. The molecule has 0 spiro atoms. The zero-order valence-corrected chi connectivity index (χ0v) is 7.07. The second-order valence-electron chi connectivity index (χ2n) is 2.80. The van der Waals surface area contributed by atoms with Crippen LogP contribution in [0.4, 0.5) is 0 Å². The Balaban J connectivity index is 2.57. The highest BCUT2D eigenvalue weighted by Gasteiger charge is 1.98. The van der Waals surface area contributed by atoms with Gasteiger partial charge in [-0.2, -0.15) is 0 Å². The van der Waals surface area contributed by atoms with Crippen LogP contribution in [0, 0.1) is 0 Å². The number of hydrogen-bond acceptors (Lipinski definition) is 2. The molecule has 2 aromatic heterocycles. The van der Waals surface area contributed by atoms with E-state index in [9.17, 15) is 0 Å². The second-order valence-corrected chi connectivity index (χ2v) is 2.80. The minimum atomic E-state index is 0.931. The van der Waals surface area contributed by atoms with E-state index in [0.29, 0.717) is 0 Å². The highest BCUT2D eigenvalue weighted by molar-refractivity contribution is 5.36. The van der Waals surface area contributed by atoms with Crippen LogP contribution in [0.3, 0.4) is 0 Å². The van der Waals surface area contributed by atoms with E-state index in [1.54, 1.807) is 12.4 Å². The van der Waals surface area contributed by atoms with Gasteiger partial charge in [-0.25, -0.2) is 4.98 Å². The standard InChI is InChI=1S/C9H11N3/c1-2-3-8-6-10-7-9-11-4-5-12(8)9/h4-7H,2-3H2,1H3. The Kier molecular flexibility index (Phi) is 1.78. The molecule has 62 valence electrons. The van der Waals surface area contributed by atoms with Gasteiger partial charge < -0.3 is 4.40 Å². The van der Waals surface area contributed by atoms with Gasteiger partial charge in [-0.05, 0) is 6.42 Å². The van der Waals surface area contributed by atoms with E-state index in [0.717, 1.165) is 18.5 Å². The van der Waals surface area contributed by atoms with Crippen LogP contribution in [-0.2, 0) is 6.42 Å². The highest BCUT2D eigenvalue weighted by Crippen LogP contribution is 2.05. The van der Waals surface area contributed by atoms with Gasteiger partial charge in [0.1, 0.15) is 0 Å². The lowest BCUT2D eigenvalue weighted by molar-refractivity contribution is 0.849. The number of aromatic nitrogens is 3. The molecule has 2 heterocycles. The fraction of sp³-hybridized carbons (Fsp3) is 0.333. The number of rotatable bonds is 2. The summed E-state index contributed by atoms with van der Waals surface area (Å²) in [6.45, 7) is 2.16. The van der Waals surface area contributed by atoms with Gasteiger partial charge in [-0.3, -0.25) is 4.98 Å². The first-order valence-corrected chi connectivity index (χ1v) is 4.17. The third-order valence-corrected chi connectivity index (χ3v) is 1.90. The Morgan fingerprint density at radius 2 is 2.33 bits per heavy atom. The quantitative estimate of drug-likeness (QED) is 0.670. The zero-order valence-electron chi connectivity index (χ0n) is 7.07. The molecule has 0 aliphatic rings. The predicted octanol–water partition coefficient (Wildman–Crippen LogP) is 1.68. The fourth-order valence-electron chi connectivity index (χ4n) is 1.35. The Labute approximate surface area is 71.1 Å². The molecule has 0 atom stereocenters. The van der Waals surface area contributed by atoms with Crippen LogP contribution in [0.25, 0.3) is 5.65 Å². The molecular formula is C9H11N3. The van der Waals surface area contributed by atoms with Gasteiger partial charge in [0.2, 0.25) is 0 Å². The predicted molar refractivity (Wildman–Crippen MR) is 47.0 cm³/mol. The van der Waals surface area contributed by atoms with E-state index in [-0.39, 0.29) is 0 Å². The summed E-state index contributed by atoms with van der Waals surface area (Å²) in [6.07, 6.45) is 9.65. The van der Waals surface area contributed by atoms with Crippen molar-refractivity contribution in [3.63, 3.8) is 0 Å². The minimum Gasteiger partial charge on any atom is -0.301 e. The highest BCUT2D eigenvalue weighted by atomic mass is 15.0. The van der Waals surface area contributed by atoms with Crippen LogP contribution in [0.15, 0.2) is 24.8 Å². The van der Waals surface area contributed by atoms with Crippen molar-refractivity contribution in [1.29, 1.82) is 0 Å². The number of fused-ring (bicyclic) bond motifs is 1. The molecule has 12 heavy (non-hydrogen) atoms. The Morgan fingerprint density at radius 3 is 3.17 bits per heavy atom. The molecule has 0 aliphatic heterocycles. The zero-order chi connectivity index (χ0) is 8.39. The van der Waals surface area contributed by atoms with Crippen molar-refractivity contribution in [2.75, 3.05) is 0 Å². The molecule has 0 aliphatic carbocycles. The summed E-state index contributed by atoms with van der Waals surface area (Å²) in [5, 5.41) is 0. The Bertz CT molecular complexity index is 378. The van der Waals surface area contributed by atoms with E-state index < -0.39 is 0 Å². The topological polar surface area (TPSA) is 30.2 Å². The van der Waals surface area contributed by atoms with Crippen LogP contribution in [-0.4, -0.2) is 14.4 Å². The maximum atomic E-state index is 4.16. The molecule has 3 heteroatoms. The SMILES string of the molecule is CCCc1cncc2nccn12. The monoisotopic (exact) mass is 161 g/mol. The van der Waals surface area contributed by atoms with E-state index in [1.165, 1.54) is 5.69 Å². The number of hydrogen-bond donors (Lipinski definition) is 0. The second kappa shape index (κ2) is 2.93. The first-order valence-electron chi connectivity index (χ1n) is 4.17. The van der Waals surface area contributed by atoms with Crippen LogP contribution >= 0.6 is 0 Å². The third kappa shape index (κ3) is 1.07. The van der Waals surface area contributed by atoms with Gasteiger partial charge in [0.05, 0.1) is 6.20 Å². The molecule has 0 amide bonds. The van der Waals surface area contributed by atoms with Crippen molar-refractivity contribution >= 4 is 5.65 Å². The summed E-state index contributed by atoms with van der Waals surface area (Å²) < 4.78 is 2.08. The molecule has 0 aromatic carbocycles. The van der Waals surface area contributed by atoms with Crippen molar-refractivity contribution in [3.05, 3.63) is 30.5 Å². The van der Waals surface area contributed by atoms with Gasteiger partial charge in [0.25, 0.3) is 0 Å². The summed E-state index contributed by atoms with van der Waals surface area (Å²) in [6, 6.07) is 0. The fourth-order valence-corrected chi connectivity index (χ4v) is 1.35. The van der Waals surface area contributed by atoms with Gasteiger partial charge in [-0.15, -0.1) is 0 Å². The molecule has 0 saturated heterocycles. The minimum absolute atomic E-state index is 0.931. The normalized spacial score (nSPS) is 10.8. The van der Waals surface area contributed by atoms with Crippen molar-refractivity contribution in [2.45, 2.75) is 19.8 Å². The third-order valence-electron chi connectivity index (χ3n) is 1.90. The van der Waals surface area contributed by atoms with Crippen LogP contribution in [0.5, 0.6) is 0 Å². The molecule has 3 nitrogen and oxygen atoms in total.